The van der Waals surface area contributed by atoms with Crippen LogP contribution in [0.15, 0.2) is 47.3 Å². The molecule has 142 valence electrons. The number of aryl methyl sites for hydroxylation is 1. The van der Waals surface area contributed by atoms with Gasteiger partial charge in [0.15, 0.2) is 0 Å². The smallest absolute Gasteiger partial charge is 0.255 e. The third-order valence-corrected chi connectivity index (χ3v) is 5.81. The molecule has 0 fully saturated rings. The van der Waals surface area contributed by atoms with E-state index in [1.807, 2.05) is 30.3 Å². The van der Waals surface area contributed by atoms with Crippen LogP contribution < -0.4 is 5.56 Å². The van der Waals surface area contributed by atoms with Crippen LogP contribution in [0.2, 0.25) is 0 Å². The molecule has 1 aromatic carbocycles. The van der Waals surface area contributed by atoms with Crippen molar-refractivity contribution in [3.05, 3.63) is 85.2 Å². The van der Waals surface area contributed by atoms with Gasteiger partial charge in [-0.05, 0) is 30.7 Å². The summed E-state index contributed by atoms with van der Waals surface area (Å²) in [6.07, 6.45) is 2.65. The predicted molar refractivity (Wildman–Crippen MR) is 113 cm³/mol. The Morgan fingerprint density at radius 2 is 2.04 bits per heavy atom. The summed E-state index contributed by atoms with van der Waals surface area (Å²) in [6, 6.07) is 14.3. The second-order valence-electron chi connectivity index (χ2n) is 7.03. The van der Waals surface area contributed by atoms with Gasteiger partial charge in [0.1, 0.15) is 5.82 Å². The lowest BCUT2D eigenvalue weighted by Crippen LogP contribution is -2.35. The van der Waals surface area contributed by atoms with Crippen molar-refractivity contribution in [2.75, 3.05) is 6.54 Å². The number of fused-ring (bicyclic) bond motifs is 1. The summed E-state index contributed by atoms with van der Waals surface area (Å²) >= 11 is 1.72. The van der Waals surface area contributed by atoms with Gasteiger partial charge >= 0.3 is 0 Å². The number of nitrogens with zero attached hydrogens (tertiary/aromatic N) is 2. The Morgan fingerprint density at radius 3 is 2.86 bits per heavy atom. The van der Waals surface area contributed by atoms with E-state index in [9.17, 15) is 4.79 Å². The average molecular weight is 390 g/mol. The van der Waals surface area contributed by atoms with Gasteiger partial charge in [-0.25, -0.2) is 4.98 Å². The number of thiophene rings is 1. The van der Waals surface area contributed by atoms with Gasteiger partial charge in [0.05, 0.1) is 16.1 Å². The van der Waals surface area contributed by atoms with Crippen LogP contribution in [0, 0.1) is 11.8 Å². The molecule has 2 aromatic heterocycles. The third-order valence-electron chi connectivity index (χ3n) is 4.83. The van der Waals surface area contributed by atoms with Gasteiger partial charge in [0, 0.05) is 42.9 Å². The van der Waals surface area contributed by atoms with Crippen LogP contribution in [-0.4, -0.2) is 21.4 Å². The number of rotatable bonds is 4. The maximum Gasteiger partial charge on any atom is 0.255 e. The van der Waals surface area contributed by atoms with E-state index >= 15 is 0 Å². The maximum atomic E-state index is 12.4. The summed E-state index contributed by atoms with van der Waals surface area (Å²) in [4.78, 5) is 24.7. The van der Waals surface area contributed by atoms with E-state index in [2.05, 4.69) is 45.8 Å². The van der Waals surface area contributed by atoms with E-state index in [0.29, 0.717) is 6.54 Å². The normalized spacial score (nSPS) is 13.6. The topological polar surface area (TPSA) is 49.0 Å². The monoisotopic (exact) mass is 389 g/mol. The Kier molecular flexibility index (Phi) is 5.70. The summed E-state index contributed by atoms with van der Waals surface area (Å²) in [6.45, 7) is 4.53. The molecule has 0 saturated carbocycles. The molecule has 0 aliphatic carbocycles. The summed E-state index contributed by atoms with van der Waals surface area (Å²) in [7, 11) is 0. The number of aromatic nitrogens is 2. The van der Waals surface area contributed by atoms with Gasteiger partial charge in [0.2, 0.25) is 0 Å². The summed E-state index contributed by atoms with van der Waals surface area (Å²) in [5.74, 6) is 7.27. The molecule has 3 heterocycles. The van der Waals surface area contributed by atoms with Crippen molar-refractivity contribution in [3.8, 4) is 11.8 Å². The van der Waals surface area contributed by atoms with Crippen LogP contribution >= 0.6 is 11.3 Å². The first-order valence-corrected chi connectivity index (χ1v) is 10.5. The minimum Gasteiger partial charge on any atom is -0.310 e. The highest BCUT2D eigenvalue weighted by atomic mass is 32.1. The van der Waals surface area contributed by atoms with Crippen molar-refractivity contribution < 1.29 is 0 Å². The summed E-state index contributed by atoms with van der Waals surface area (Å²) in [5.41, 5.74) is 2.86. The number of benzene rings is 1. The summed E-state index contributed by atoms with van der Waals surface area (Å²) in [5, 5.41) is 0. The van der Waals surface area contributed by atoms with E-state index in [0.717, 1.165) is 59.9 Å². The average Bonchev–Trinajstić information content (AvgIpc) is 3.15. The first kappa shape index (κ1) is 18.7. The van der Waals surface area contributed by atoms with Gasteiger partial charge in [-0.15, -0.1) is 11.3 Å². The van der Waals surface area contributed by atoms with Crippen LogP contribution in [0.5, 0.6) is 0 Å². The lowest BCUT2D eigenvalue weighted by atomic mass is 10.1. The lowest BCUT2D eigenvalue weighted by Gasteiger charge is -2.27. The highest BCUT2D eigenvalue weighted by Crippen LogP contribution is 2.21. The Balaban J connectivity index is 1.43. The molecule has 0 saturated heterocycles. The van der Waals surface area contributed by atoms with Crippen LogP contribution in [-0.2, 0) is 25.9 Å². The van der Waals surface area contributed by atoms with Gasteiger partial charge in [-0.1, -0.05) is 37.0 Å². The minimum absolute atomic E-state index is 0.0266. The summed E-state index contributed by atoms with van der Waals surface area (Å²) < 4.78 is 0. The SMILES string of the molecule is CCCc1nc2c(c(=O)[nH]1)CN(Cc1ccc(C#Cc3ccccc3)s1)CC2. The van der Waals surface area contributed by atoms with Gasteiger partial charge in [0.25, 0.3) is 5.56 Å². The van der Waals surface area contributed by atoms with Gasteiger partial charge < -0.3 is 4.98 Å². The van der Waals surface area contributed by atoms with Crippen molar-refractivity contribution in [2.24, 2.45) is 0 Å². The van der Waals surface area contributed by atoms with E-state index < -0.39 is 0 Å². The fraction of sp³-hybridized carbons (Fsp3) is 0.304. The molecule has 0 amide bonds. The van der Waals surface area contributed by atoms with E-state index in [1.54, 1.807) is 11.3 Å². The zero-order valence-corrected chi connectivity index (χ0v) is 16.8. The molecule has 4 rings (SSSR count). The predicted octanol–water partition coefficient (Wildman–Crippen LogP) is 3.74. The Hall–Kier alpha value is -2.68. The van der Waals surface area contributed by atoms with Crippen molar-refractivity contribution >= 4 is 11.3 Å². The molecule has 0 bridgehead atoms. The molecule has 4 nitrogen and oxygen atoms in total. The molecule has 3 aromatic rings. The number of hydrogen-bond acceptors (Lipinski definition) is 4. The van der Waals surface area contributed by atoms with Crippen LogP contribution in [0.4, 0.5) is 0 Å². The van der Waals surface area contributed by atoms with Crippen LogP contribution in [0.3, 0.4) is 0 Å². The van der Waals surface area contributed by atoms with E-state index in [4.69, 9.17) is 0 Å². The third kappa shape index (κ3) is 4.41. The highest BCUT2D eigenvalue weighted by Gasteiger charge is 2.21. The minimum atomic E-state index is 0.0266. The van der Waals surface area contributed by atoms with Gasteiger partial charge in [-0.3, -0.25) is 9.69 Å². The second kappa shape index (κ2) is 8.55. The van der Waals surface area contributed by atoms with Gasteiger partial charge in [-0.2, -0.15) is 0 Å². The molecule has 28 heavy (non-hydrogen) atoms. The molecular formula is C23H23N3OS. The zero-order chi connectivity index (χ0) is 19.3. The number of H-pyrrole nitrogens is 1. The molecule has 1 N–H and O–H groups in total. The highest BCUT2D eigenvalue weighted by molar-refractivity contribution is 7.12. The Labute approximate surface area is 169 Å². The zero-order valence-electron chi connectivity index (χ0n) is 16.0. The molecule has 1 aliphatic rings. The molecule has 5 heteroatoms. The lowest BCUT2D eigenvalue weighted by molar-refractivity contribution is 0.243. The molecule has 0 atom stereocenters. The fourth-order valence-corrected chi connectivity index (χ4v) is 4.33. The molecule has 0 unspecified atom stereocenters. The first-order valence-electron chi connectivity index (χ1n) is 9.70. The second-order valence-corrected chi connectivity index (χ2v) is 8.20. The number of nitrogens with one attached hydrogen (secondary N) is 1. The van der Waals surface area contributed by atoms with Crippen LogP contribution in [0.25, 0.3) is 0 Å². The molecule has 0 radical (unpaired) electrons. The maximum absolute atomic E-state index is 12.4. The fourth-order valence-electron chi connectivity index (χ4n) is 3.43. The van der Waals surface area contributed by atoms with Crippen molar-refractivity contribution in [2.45, 2.75) is 39.3 Å². The van der Waals surface area contributed by atoms with Crippen molar-refractivity contribution in [1.29, 1.82) is 0 Å². The largest absolute Gasteiger partial charge is 0.310 e. The van der Waals surface area contributed by atoms with Crippen LogP contribution in [0.1, 0.15) is 45.7 Å². The van der Waals surface area contributed by atoms with Crippen molar-refractivity contribution in [1.82, 2.24) is 14.9 Å². The quantitative estimate of drug-likeness (QED) is 0.692. The van der Waals surface area contributed by atoms with E-state index in [-0.39, 0.29) is 5.56 Å². The first-order chi connectivity index (χ1) is 13.7. The van der Waals surface area contributed by atoms with Crippen molar-refractivity contribution in [3.63, 3.8) is 0 Å². The molecule has 1 aliphatic heterocycles. The Morgan fingerprint density at radius 1 is 1.18 bits per heavy atom. The standard InChI is InChI=1S/C23H23N3OS/c1-2-6-22-24-21-13-14-26(16-20(21)23(27)25-22)15-19-12-11-18(28-19)10-9-17-7-4-3-5-8-17/h3-5,7-8,11-12H,2,6,13-16H2,1H3,(H,24,25,27). The molecule has 0 spiro atoms. The Bertz CT molecular complexity index is 1070. The molecular weight excluding hydrogens is 366 g/mol. The van der Waals surface area contributed by atoms with E-state index in [1.165, 1.54) is 4.88 Å². The number of hydrogen-bond donors (Lipinski definition) is 1. The number of aromatic amines is 1.